The van der Waals surface area contributed by atoms with Gasteiger partial charge < -0.3 is 14.7 Å². The standard InChI is InChI=1S/C20H25NO3/c1-14-10-11-18(15(2)12-14)24-13-19(22)21(4)16(3)20(23)17-8-6-5-7-9-17/h5-12,16,20,23H,13H2,1-4H3. The average Bonchev–Trinajstić information content (AvgIpc) is 2.59. The Labute approximate surface area is 143 Å². The molecule has 1 N–H and O–H groups in total. The third-order valence-corrected chi connectivity index (χ3v) is 4.28. The van der Waals surface area contributed by atoms with E-state index in [9.17, 15) is 9.90 Å². The average molecular weight is 327 g/mol. The number of carbonyl (C=O) groups is 1. The van der Waals surface area contributed by atoms with Crippen LogP contribution in [0.15, 0.2) is 48.5 Å². The summed E-state index contributed by atoms with van der Waals surface area (Å²) in [5.41, 5.74) is 2.95. The Balaban J connectivity index is 1.96. The number of aryl methyl sites for hydroxylation is 2. The van der Waals surface area contributed by atoms with Crippen molar-refractivity contribution in [2.24, 2.45) is 0 Å². The van der Waals surface area contributed by atoms with Crippen LogP contribution in [0.3, 0.4) is 0 Å². The van der Waals surface area contributed by atoms with Gasteiger partial charge in [-0.25, -0.2) is 0 Å². The van der Waals surface area contributed by atoms with Gasteiger partial charge in [0.1, 0.15) is 5.75 Å². The van der Waals surface area contributed by atoms with E-state index in [2.05, 4.69) is 0 Å². The Bertz CT molecular complexity index is 685. The first kappa shape index (κ1) is 18.0. The van der Waals surface area contributed by atoms with E-state index in [0.29, 0.717) is 5.75 Å². The second-order valence-electron chi connectivity index (χ2n) is 6.16. The van der Waals surface area contributed by atoms with Crippen LogP contribution in [-0.2, 0) is 4.79 Å². The topological polar surface area (TPSA) is 49.8 Å². The molecule has 0 saturated carbocycles. The number of benzene rings is 2. The van der Waals surface area contributed by atoms with E-state index in [1.54, 1.807) is 7.05 Å². The fraction of sp³-hybridized carbons (Fsp3) is 0.350. The number of hydrogen-bond donors (Lipinski definition) is 1. The first-order valence-electron chi connectivity index (χ1n) is 8.09. The van der Waals surface area contributed by atoms with Gasteiger partial charge in [0.2, 0.25) is 0 Å². The second kappa shape index (κ2) is 7.97. The van der Waals surface area contributed by atoms with E-state index in [1.165, 1.54) is 4.90 Å². The zero-order chi connectivity index (χ0) is 17.7. The lowest BCUT2D eigenvalue weighted by Gasteiger charge is -2.29. The monoisotopic (exact) mass is 327 g/mol. The number of nitrogens with zero attached hydrogens (tertiary/aromatic N) is 1. The summed E-state index contributed by atoms with van der Waals surface area (Å²) in [6.07, 6.45) is -0.735. The lowest BCUT2D eigenvalue weighted by molar-refractivity contribution is -0.136. The molecule has 0 aliphatic heterocycles. The van der Waals surface area contributed by atoms with E-state index < -0.39 is 6.10 Å². The van der Waals surface area contributed by atoms with E-state index in [0.717, 1.165) is 16.7 Å². The summed E-state index contributed by atoms with van der Waals surface area (Å²) < 4.78 is 5.64. The van der Waals surface area contributed by atoms with Crippen LogP contribution in [0.2, 0.25) is 0 Å². The van der Waals surface area contributed by atoms with Crippen LogP contribution in [0.25, 0.3) is 0 Å². The minimum atomic E-state index is -0.735. The molecular weight excluding hydrogens is 302 g/mol. The van der Waals surface area contributed by atoms with Gasteiger partial charge in [0.15, 0.2) is 6.61 Å². The van der Waals surface area contributed by atoms with Crippen molar-refractivity contribution in [3.8, 4) is 5.75 Å². The highest BCUT2D eigenvalue weighted by Crippen LogP contribution is 2.21. The summed E-state index contributed by atoms with van der Waals surface area (Å²) >= 11 is 0. The quantitative estimate of drug-likeness (QED) is 0.886. The molecule has 0 heterocycles. The predicted octanol–water partition coefficient (Wildman–Crippen LogP) is 3.26. The van der Waals surface area contributed by atoms with Crippen LogP contribution in [-0.4, -0.2) is 35.6 Å². The normalized spacial score (nSPS) is 13.2. The molecule has 0 saturated heterocycles. The number of likely N-dealkylation sites (N-methyl/N-ethyl adjacent to an activating group) is 1. The van der Waals surface area contributed by atoms with E-state index in [-0.39, 0.29) is 18.6 Å². The zero-order valence-electron chi connectivity index (χ0n) is 14.7. The maximum Gasteiger partial charge on any atom is 0.260 e. The molecule has 2 rings (SSSR count). The van der Waals surface area contributed by atoms with Gasteiger partial charge in [-0.3, -0.25) is 4.79 Å². The van der Waals surface area contributed by atoms with Crippen LogP contribution in [0.1, 0.15) is 29.7 Å². The van der Waals surface area contributed by atoms with Crippen molar-refractivity contribution in [3.63, 3.8) is 0 Å². The molecule has 0 spiro atoms. The number of amides is 1. The number of aliphatic hydroxyl groups excluding tert-OH is 1. The van der Waals surface area contributed by atoms with E-state index >= 15 is 0 Å². The minimum absolute atomic E-state index is 0.0494. The highest BCUT2D eigenvalue weighted by molar-refractivity contribution is 5.78. The van der Waals surface area contributed by atoms with Gasteiger partial charge in [-0.1, -0.05) is 48.0 Å². The van der Waals surface area contributed by atoms with Gasteiger partial charge in [-0.15, -0.1) is 0 Å². The first-order valence-corrected chi connectivity index (χ1v) is 8.09. The van der Waals surface area contributed by atoms with Crippen molar-refractivity contribution in [2.45, 2.75) is 32.9 Å². The smallest absolute Gasteiger partial charge is 0.260 e. The Kier molecular flexibility index (Phi) is 5.99. The minimum Gasteiger partial charge on any atom is -0.484 e. The zero-order valence-corrected chi connectivity index (χ0v) is 14.7. The molecule has 128 valence electrons. The molecule has 2 atom stereocenters. The van der Waals surface area contributed by atoms with Crippen molar-refractivity contribution in [1.29, 1.82) is 0 Å². The summed E-state index contributed by atoms with van der Waals surface area (Å²) in [4.78, 5) is 13.9. The molecule has 0 bridgehead atoms. The molecular formula is C20H25NO3. The Morgan fingerprint density at radius 1 is 1.17 bits per heavy atom. The van der Waals surface area contributed by atoms with Crippen molar-refractivity contribution in [2.75, 3.05) is 13.7 Å². The molecule has 1 amide bonds. The fourth-order valence-electron chi connectivity index (χ4n) is 2.57. The molecule has 0 aliphatic carbocycles. The van der Waals surface area contributed by atoms with Gasteiger partial charge in [0.25, 0.3) is 5.91 Å². The van der Waals surface area contributed by atoms with Crippen LogP contribution in [0.5, 0.6) is 5.75 Å². The summed E-state index contributed by atoms with van der Waals surface area (Å²) in [6.45, 7) is 5.75. The van der Waals surface area contributed by atoms with Crippen LogP contribution in [0, 0.1) is 13.8 Å². The summed E-state index contributed by atoms with van der Waals surface area (Å²) in [6, 6.07) is 14.9. The van der Waals surface area contributed by atoms with Gasteiger partial charge in [0.05, 0.1) is 12.1 Å². The van der Waals surface area contributed by atoms with Gasteiger partial charge >= 0.3 is 0 Å². The predicted molar refractivity (Wildman–Crippen MR) is 95.0 cm³/mol. The lowest BCUT2D eigenvalue weighted by Crippen LogP contribution is -2.41. The molecule has 4 heteroatoms. The van der Waals surface area contributed by atoms with Crippen molar-refractivity contribution >= 4 is 5.91 Å². The van der Waals surface area contributed by atoms with Gasteiger partial charge in [-0.2, -0.15) is 0 Å². The Morgan fingerprint density at radius 3 is 2.46 bits per heavy atom. The lowest BCUT2D eigenvalue weighted by atomic mass is 10.0. The third kappa shape index (κ3) is 4.36. The molecule has 2 aromatic carbocycles. The highest BCUT2D eigenvalue weighted by Gasteiger charge is 2.24. The Hall–Kier alpha value is -2.33. The number of hydrogen-bond acceptors (Lipinski definition) is 3. The van der Waals surface area contributed by atoms with Gasteiger partial charge in [-0.05, 0) is 38.0 Å². The molecule has 0 fully saturated rings. The molecule has 0 aromatic heterocycles. The third-order valence-electron chi connectivity index (χ3n) is 4.28. The first-order chi connectivity index (χ1) is 11.4. The molecule has 2 unspecified atom stereocenters. The largest absolute Gasteiger partial charge is 0.484 e. The maximum absolute atomic E-state index is 12.4. The second-order valence-corrected chi connectivity index (χ2v) is 6.16. The number of rotatable bonds is 6. The summed E-state index contributed by atoms with van der Waals surface area (Å²) in [5.74, 6) is 0.538. The molecule has 24 heavy (non-hydrogen) atoms. The van der Waals surface area contributed by atoms with Crippen LogP contribution >= 0.6 is 0 Å². The molecule has 2 aromatic rings. The highest BCUT2D eigenvalue weighted by atomic mass is 16.5. The van der Waals surface area contributed by atoms with Crippen LogP contribution in [0.4, 0.5) is 0 Å². The Morgan fingerprint density at radius 2 is 1.83 bits per heavy atom. The van der Waals surface area contributed by atoms with E-state index in [1.807, 2.05) is 69.3 Å². The molecule has 0 radical (unpaired) electrons. The maximum atomic E-state index is 12.4. The number of carbonyl (C=O) groups excluding carboxylic acids is 1. The van der Waals surface area contributed by atoms with Crippen LogP contribution < -0.4 is 4.74 Å². The number of ether oxygens (including phenoxy) is 1. The SMILES string of the molecule is Cc1ccc(OCC(=O)N(C)C(C)C(O)c2ccccc2)c(C)c1. The van der Waals surface area contributed by atoms with E-state index in [4.69, 9.17) is 4.74 Å². The van der Waals surface area contributed by atoms with Crippen molar-refractivity contribution in [3.05, 3.63) is 65.2 Å². The number of aliphatic hydroxyl groups is 1. The summed E-state index contributed by atoms with van der Waals surface area (Å²) in [5, 5.41) is 10.4. The van der Waals surface area contributed by atoms with Crippen molar-refractivity contribution in [1.82, 2.24) is 4.90 Å². The fourth-order valence-corrected chi connectivity index (χ4v) is 2.57. The summed E-state index contributed by atoms with van der Waals surface area (Å²) in [7, 11) is 1.69. The molecule has 0 aliphatic rings. The molecule has 4 nitrogen and oxygen atoms in total. The van der Waals surface area contributed by atoms with Gasteiger partial charge in [0, 0.05) is 7.05 Å². The van der Waals surface area contributed by atoms with Crippen molar-refractivity contribution < 1.29 is 14.6 Å².